The van der Waals surface area contributed by atoms with Gasteiger partial charge in [-0.3, -0.25) is 4.79 Å². The molecule has 0 saturated carbocycles. The SMILES string of the molecule is C=CCOC(C)C(=O)OCC(=O)N(CC)C(C)c1ccc(F)cc1. The number of carbonyl (C=O) groups is 2. The van der Waals surface area contributed by atoms with Gasteiger partial charge in [0.15, 0.2) is 12.7 Å². The highest BCUT2D eigenvalue weighted by Crippen LogP contribution is 2.20. The summed E-state index contributed by atoms with van der Waals surface area (Å²) in [6, 6.07) is 5.71. The Bertz CT molecular complexity index is 559. The molecule has 24 heavy (non-hydrogen) atoms. The summed E-state index contributed by atoms with van der Waals surface area (Å²) in [5, 5.41) is 0. The first-order valence-corrected chi connectivity index (χ1v) is 7.84. The highest BCUT2D eigenvalue weighted by molar-refractivity contribution is 5.82. The van der Waals surface area contributed by atoms with E-state index in [-0.39, 0.29) is 31.0 Å². The van der Waals surface area contributed by atoms with Crippen molar-refractivity contribution >= 4 is 11.9 Å². The van der Waals surface area contributed by atoms with Crippen molar-refractivity contribution < 1.29 is 23.5 Å². The fourth-order valence-electron chi connectivity index (χ4n) is 2.20. The number of halogens is 1. The predicted molar refractivity (Wildman–Crippen MR) is 88.8 cm³/mol. The van der Waals surface area contributed by atoms with E-state index >= 15 is 0 Å². The summed E-state index contributed by atoms with van der Waals surface area (Å²) >= 11 is 0. The number of hydrogen-bond donors (Lipinski definition) is 0. The molecule has 1 amide bonds. The highest BCUT2D eigenvalue weighted by atomic mass is 19.1. The zero-order chi connectivity index (χ0) is 18.1. The van der Waals surface area contributed by atoms with Crippen molar-refractivity contribution in [1.82, 2.24) is 4.90 Å². The fourth-order valence-corrected chi connectivity index (χ4v) is 2.20. The molecule has 5 nitrogen and oxygen atoms in total. The Balaban J connectivity index is 2.61. The summed E-state index contributed by atoms with van der Waals surface area (Å²) in [4.78, 5) is 25.6. The van der Waals surface area contributed by atoms with Gasteiger partial charge in [0.25, 0.3) is 5.91 Å². The number of hydrogen-bond acceptors (Lipinski definition) is 4. The van der Waals surface area contributed by atoms with Crippen LogP contribution in [-0.2, 0) is 19.1 Å². The van der Waals surface area contributed by atoms with Gasteiger partial charge in [-0.1, -0.05) is 18.2 Å². The maximum absolute atomic E-state index is 13.0. The second kappa shape index (κ2) is 9.82. The molecule has 0 heterocycles. The number of rotatable bonds is 9. The largest absolute Gasteiger partial charge is 0.454 e. The van der Waals surface area contributed by atoms with Gasteiger partial charge in [0.2, 0.25) is 0 Å². The predicted octanol–water partition coefficient (Wildman–Crippen LogP) is 2.87. The van der Waals surface area contributed by atoms with Crippen LogP contribution >= 0.6 is 0 Å². The average molecular weight is 337 g/mol. The first-order chi connectivity index (χ1) is 11.4. The molecule has 1 rings (SSSR count). The van der Waals surface area contributed by atoms with Gasteiger partial charge in [0.1, 0.15) is 5.82 Å². The van der Waals surface area contributed by atoms with Crippen LogP contribution in [0.4, 0.5) is 4.39 Å². The van der Waals surface area contributed by atoms with E-state index in [4.69, 9.17) is 9.47 Å². The van der Waals surface area contributed by atoms with E-state index < -0.39 is 12.1 Å². The number of esters is 1. The van der Waals surface area contributed by atoms with Crippen molar-refractivity contribution in [2.24, 2.45) is 0 Å². The van der Waals surface area contributed by atoms with Crippen LogP contribution in [0.15, 0.2) is 36.9 Å². The first kappa shape index (κ1) is 19.8. The van der Waals surface area contributed by atoms with Gasteiger partial charge in [0.05, 0.1) is 12.6 Å². The summed E-state index contributed by atoms with van der Waals surface area (Å²) in [7, 11) is 0. The zero-order valence-corrected chi connectivity index (χ0v) is 14.3. The molecule has 0 aromatic heterocycles. The summed E-state index contributed by atoms with van der Waals surface area (Å²) in [5.41, 5.74) is 0.806. The molecule has 0 spiro atoms. The van der Waals surface area contributed by atoms with E-state index in [0.29, 0.717) is 6.54 Å². The normalized spacial score (nSPS) is 13.0. The molecule has 0 aliphatic carbocycles. The summed E-state index contributed by atoms with van der Waals surface area (Å²) in [6.45, 7) is 9.02. The van der Waals surface area contributed by atoms with Crippen LogP contribution in [0, 0.1) is 5.82 Å². The van der Waals surface area contributed by atoms with Gasteiger partial charge < -0.3 is 14.4 Å². The standard InChI is InChI=1S/C18H24FNO4/c1-5-11-23-14(4)18(22)24-12-17(21)20(6-2)13(3)15-7-9-16(19)10-8-15/h5,7-10,13-14H,1,6,11-12H2,2-4H3. The number of likely N-dealkylation sites (N-methyl/N-ethyl adjacent to an activating group) is 1. The van der Waals surface area contributed by atoms with Gasteiger partial charge in [-0.2, -0.15) is 0 Å². The quantitative estimate of drug-likeness (QED) is 0.514. The average Bonchev–Trinajstić information content (AvgIpc) is 2.58. The van der Waals surface area contributed by atoms with E-state index in [0.717, 1.165) is 5.56 Å². The van der Waals surface area contributed by atoms with Crippen molar-refractivity contribution in [3.63, 3.8) is 0 Å². The Labute approximate surface area is 142 Å². The smallest absolute Gasteiger partial charge is 0.335 e. The van der Waals surface area contributed by atoms with Crippen LogP contribution in [0.3, 0.4) is 0 Å². The lowest BCUT2D eigenvalue weighted by Crippen LogP contribution is -2.37. The maximum atomic E-state index is 13.0. The van der Waals surface area contributed by atoms with Gasteiger partial charge in [-0.25, -0.2) is 9.18 Å². The monoisotopic (exact) mass is 337 g/mol. The molecule has 0 aliphatic heterocycles. The number of amides is 1. The summed E-state index contributed by atoms with van der Waals surface area (Å²) in [6.07, 6.45) is 0.762. The molecule has 1 aromatic rings. The first-order valence-electron chi connectivity index (χ1n) is 7.84. The van der Waals surface area contributed by atoms with Gasteiger partial charge in [-0.15, -0.1) is 6.58 Å². The third-order valence-corrected chi connectivity index (χ3v) is 3.61. The molecular weight excluding hydrogens is 313 g/mol. The minimum Gasteiger partial charge on any atom is -0.454 e. The third-order valence-electron chi connectivity index (χ3n) is 3.61. The van der Waals surface area contributed by atoms with Gasteiger partial charge in [0, 0.05) is 6.54 Å². The fraction of sp³-hybridized carbons (Fsp3) is 0.444. The van der Waals surface area contributed by atoms with Crippen LogP contribution in [0.5, 0.6) is 0 Å². The second-order valence-electron chi connectivity index (χ2n) is 5.28. The van der Waals surface area contributed by atoms with Crippen LogP contribution in [0.25, 0.3) is 0 Å². The van der Waals surface area contributed by atoms with Crippen LogP contribution in [0.2, 0.25) is 0 Å². The van der Waals surface area contributed by atoms with Crippen molar-refractivity contribution in [2.75, 3.05) is 19.8 Å². The molecule has 0 aliphatic rings. The Morgan fingerprint density at radius 3 is 2.46 bits per heavy atom. The van der Waals surface area contributed by atoms with E-state index in [2.05, 4.69) is 6.58 Å². The van der Waals surface area contributed by atoms with Gasteiger partial charge in [-0.05, 0) is 38.5 Å². The molecule has 0 saturated heterocycles. The van der Waals surface area contributed by atoms with E-state index in [1.54, 1.807) is 24.0 Å². The Morgan fingerprint density at radius 2 is 1.92 bits per heavy atom. The van der Waals surface area contributed by atoms with Crippen LogP contribution < -0.4 is 0 Å². The number of nitrogens with zero attached hydrogens (tertiary/aromatic N) is 1. The minimum absolute atomic E-state index is 0.229. The lowest BCUT2D eigenvalue weighted by Gasteiger charge is -2.28. The second-order valence-corrected chi connectivity index (χ2v) is 5.28. The minimum atomic E-state index is -0.764. The number of benzene rings is 1. The molecular formula is C18H24FNO4. The lowest BCUT2D eigenvalue weighted by atomic mass is 10.1. The number of ether oxygens (including phenoxy) is 2. The molecule has 0 fully saturated rings. The highest BCUT2D eigenvalue weighted by Gasteiger charge is 2.22. The molecule has 0 radical (unpaired) electrons. The topological polar surface area (TPSA) is 55.8 Å². The van der Waals surface area contributed by atoms with Crippen LogP contribution in [-0.4, -0.2) is 42.6 Å². The lowest BCUT2D eigenvalue weighted by molar-refractivity contribution is -0.161. The number of carbonyl (C=O) groups excluding carboxylic acids is 2. The molecule has 1 aromatic carbocycles. The summed E-state index contributed by atoms with van der Waals surface area (Å²) in [5.74, 6) is -1.25. The summed E-state index contributed by atoms with van der Waals surface area (Å²) < 4.78 is 23.2. The van der Waals surface area contributed by atoms with Crippen molar-refractivity contribution in [3.05, 3.63) is 48.3 Å². The van der Waals surface area contributed by atoms with E-state index in [9.17, 15) is 14.0 Å². The molecule has 0 bridgehead atoms. The van der Waals surface area contributed by atoms with E-state index in [1.807, 2.05) is 13.8 Å². The van der Waals surface area contributed by atoms with Crippen molar-refractivity contribution in [2.45, 2.75) is 32.9 Å². The Hall–Kier alpha value is -2.21. The molecule has 2 unspecified atom stereocenters. The molecule has 6 heteroatoms. The molecule has 132 valence electrons. The van der Waals surface area contributed by atoms with Crippen molar-refractivity contribution in [1.29, 1.82) is 0 Å². The van der Waals surface area contributed by atoms with Gasteiger partial charge >= 0.3 is 5.97 Å². The van der Waals surface area contributed by atoms with Crippen molar-refractivity contribution in [3.8, 4) is 0 Å². The molecule has 2 atom stereocenters. The Morgan fingerprint density at radius 1 is 1.29 bits per heavy atom. The van der Waals surface area contributed by atoms with E-state index in [1.165, 1.54) is 18.2 Å². The van der Waals surface area contributed by atoms with Crippen LogP contribution in [0.1, 0.15) is 32.4 Å². The zero-order valence-electron chi connectivity index (χ0n) is 14.3. The Kier molecular flexibility index (Phi) is 8.12. The molecule has 0 N–H and O–H groups in total. The maximum Gasteiger partial charge on any atom is 0.335 e. The third kappa shape index (κ3) is 5.77.